The number of rotatable bonds is 2. The molecule has 0 saturated carbocycles. The van der Waals surface area contributed by atoms with E-state index in [0.717, 1.165) is 18.9 Å². The number of benzene rings is 1. The maximum Gasteiger partial charge on any atom is 0.178 e. The van der Waals surface area contributed by atoms with Crippen molar-refractivity contribution in [1.82, 2.24) is 10.2 Å². The van der Waals surface area contributed by atoms with E-state index in [9.17, 15) is 0 Å². The lowest BCUT2D eigenvalue weighted by Gasteiger charge is -1.99. The van der Waals surface area contributed by atoms with Gasteiger partial charge in [-0.05, 0) is 34.2 Å². The lowest BCUT2D eigenvalue weighted by molar-refractivity contribution is 0.989. The topological polar surface area (TPSA) is 25.8 Å². The summed E-state index contributed by atoms with van der Waals surface area (Å²) >= 11 is 7.34. The Morgan fingerprint density at radius 3 is 2.71 bits per heavy atom. The number of hydrogen-bond donors (Lipinski definition) is 0. The van der Waals surface area contributed by atoms with Crippen molar-refractivity contribution in [3.63, 3.8) is 0 Å². The second-order valence-electron chi connectivity index (χ2n) is 2.72. The van der Waals surface area contributed by atoms with Crippen LogP contribution in [0.2, 0.25) is 0 Å². The minimum absolute atomic E-state index is 0.849. The summed E-state index contributed by atoms with van der Waals surface area (Å²) in [6, 6.07) is 8.18. The fraction of sp³-hybridized carbons (Fsp3) is 0.111. The zero-order valence-electron chi connectivity index (χ0n) is 7.08. The molecule has 0 amide bonds. The molecule has 0 bridgehead atoms. The van der Waals surface area contributed by atoms with Crippen LogP contribution in [0.1, 0.15) is 10.6 Å². The molecule has 14 heavy (non-hydrogen) atoms. The predicted octanol–water partition coefficient (Wildman–Crippen LogP) is 3.50. The first kappa shape index (κ1) is 10.5. The Morgan fingerprint density at radius 2 is 2.07 bits per heavy atom. The molecule has 5 heteroatoms. The van der Waals surface area contributed by atoms with Crippen LogP contribution in [0.5, 0.6) is 0 Å². The molecule has 2 rings (SSSR count). The molecule has 72 valence electrons. The highest BCUT2D eigenvalue weighted by atomic mass is 127. The maximum atomic E-state index is 4.09. The van der Waals surface area contributed by atoms with E-state index < -0.39 is 0 Å². The summed E-state index contributed by atoms with van der Waals surface area (Å²) in [5.41, 5.74) is 1.25. The molecule has 0 aliphatic carbocycles. The fourth-order valence-electron chi connectivity index (χ4n) is 1.11. The summed E-state index contributed by atoms with van der Waals surface area (Å²) in [7, 11) is 0. The van der Waals surface area contributed by atoms with Gasteiger partial charge < -0.3 is 0 Å². The molecule has 1 aromatic carbocycles. The van der Waals surface area contributed by atoms with E-state index in [1.165, 1.54) is 5.56 Å². The first-order chi connectivity index (χ1) is 6.75. The zero-order chi connectivity index (χ0) is 9.97. The minimum atomic E-state index is 0.849. The molecule has 2 aromatic rings. The molecule has 0 fully saturated rings. The summed E-state index contributed by atoms with van der Waals surface area (Å²) < 4.78 is 2.12. The van der Waals surface area contributed by atoms with Gasteiger partial charge in [0.05, 0.1) is 0 Å². The predicted molar refractivity (Wildman–Crippen MR) is 69.6 cm³/mol. The highest BCUT2D eigenvalue weighted by Gasteiger charge is 2.04. The van der Waals surface area contributed by atoms with E-state index in [2.05, 4.69) is 54.8 Å². The molecule has 0 radical (unpaired) electrons. The quantitative estimate of drug-likeness (QED) is 0.745. The number of aromatic nitrogens is 2. The Balaban J connectivity index is 2.23. The van der Waals surface area contributed by atoms with Crippen molar-refractivity contribution in [1.29, 1.82) is 0 Å². The van der Waals surface area contributed by atoms with Gasteiger partial charge in [-0.25, -0.2) is 0 Å². The van der Waals surface area contributed by atoms with E-state index in [1.807, 2.05) is 18.2 Å². The van der Waals surface area contributed by atoms with Crippen LogP contribution in [0, 0.1) is 3.01 Å². The fourth-order valence-corrected chi connectivity index (χ4v) is 2.99. The third-order valence-corrected chi connectivity index (χ3v) is 4.10. The normalized spacial score (nSPS) is 10.4. The van der Waals surface area contributed by atoms with Gasteiger partial charge >= 0.3 is 0 Å². The van der Waals surface area contributed by atoms with Gasteiger partial charge in [0.25, 0.3) is 0 Å². The van der Waals surface area contributed by atoms with Crippen LogP contribution in [0.25, 0.3) is 0 Å². The van der Waals surface area contributed by atoms with Gasteiger partial charge in [0.2, 0.25) is 0 Å². The largest absolute Gasteiger partial charge is 0.178 e. The second kappa shape index (κ2) is 4.67. The Kier molecular flexibility index (Phi) is 3.51. The number of nitrogens with zero attached hydrogens (tertiary/aromatic N) is 2. The summed E-state index contributed by atoms with van der Waals surface area (Å²) in [5, 5.41) is 9.13. The van der Waals surface area contributed by atoms with Gasteiger partial charge in [-0.2, -0.15) is 0 Å². The summed E-state index contributed by atoms with van der Waals surface area (Å²) in [5.74, 6) is 0. The van der Waals surface area contributed by atoms with E-state index in [4.69, 9.17) is 0 Å². The molecule has 0 saturated heterocycles. The molecule has 2 nitrogen and oxygen atoms in total. The lowest BCUT2D eigenvalue weighted by atomic mass is 10.2. The zero-order valence-corrected chi connectivity index (χ0v) is 11.6. The van der Waals surface area contributed by atoms with Gasteiger partial charge in [-0.3, -0.25) is 0 Å². The Labute approximate surface area is 108 Å². The maximum absolute atomic E-state index is 4.09. The molecular formula is C9H6BrIN2S. The van der Waals surface area contributed by atoms with Crippen molar-refractivity contribution >= 4 is 49.9 Å². The summed E-state index contributed by atoms with van der Waals surface area (Å²) in [6.45, 7) is 0. The van der Waals surface area contributed by atoms with E-state index in [-0.39, 0.29) is 0 Å². The van der Waals surface area contributed by atoms with Crippen molar-refractivity contribution < 1.29 is 0 Å². The smallest absolute Gasteiger partial charge is 0.142 e. The van der Waals surface area contributed by atoms with Crippen LogP contribution in [0.3, 0.4) is 0 Å². The third-order valence-electron chi connectivity index (χ3n) is 1.74. The molecule has 1 heterocycles. The Hall–Kier alpha value is -0.0100. The van der Waals surface area contributed by atoms with Crippen molar-refractivity contribution in [2.75, 3.05) is 0 Å². The van der Waals surface area contributed by atoms with E-state index in [0.29, 0.717) is 0 Å². The highest BCUT2D eigenvalue weighted by Crippen LogP contribution is 2.21. The molecular weight excluding hydrogens is 375 g/mol. The summed E-state index contributed by atoms with van der Waals surface area (Å²) in [4.78, 5) is 0. The van der Waals surface area contributed by atoms with Crippen molar-refractivity contribution in [3.05, 3.63) is 42.3 Å². The van der Waals surface area contributed by atoms with Gasteiger partial charge in [0.15, 0.2) is 3.01 Å². The van der Waals surface area contributed by atoms with Crippen LogP contribution in [0.4, 0.5) is 0 Å². The first-order valence-corrected chi connectivity index (χ1v) is 6.66. The second-order valence-corrected chi connectivity index (χ2v) is 6.39. The molecule has 0 unspecified atom stereocenters. The third kappa shape index (κ3) is 2.52. The van der Waals surface area contributed by atoms with Gasteiger partial charge in [-0.1, -0.05) is 45.5 Å². The lowest BCUT2D eigenvalue weighted by Crippen LogP contribution is -1.88. The van der Waals surface area contributed by atoms with Crippen LogP contribution in [-0.4, -0.2) is 10.2 Å². The molecule has 1 aromatic heterocycles. The molecule has 0 spiro atoms. The van der Waals surface area contributed by atoms with Crippen LogP contribution >= 0.6 is 49.9 Å². The average molecular weight is 381 g/mol. The highest BCUT2D eigenvalue weighted by molar-refractivity contribution is 14.1. The Morgan fingerprint density at radius 1 is 1.29 bits per heavy atom. The van der Waals surface area contributed by atoms with Crippen molar-refractivity contribution in [2.24, 2.45) is 0 Å². The van der Waals surface area contributed by atoms with Crippen LogP contribution < -0.4 is 0 Å². The standard InChI is InChI=1S/C9H6BrIN2S/c10-7-4-2-1-3-6(7)5-8-12-13-9(11)14-8/h1-4H,5H2. The van der Waals surface area contributed by atoms with Gasteiger partial charge in [0, 0.05) is 10.9 Å². The van der Waals surface area contributed by atoms with Crippen LogP contribution in [-0.2, 0) is 6.42 Å². The molecule has 0 N–H and O–H groups in total. The monoisotopic (exact) mass is 380 g/mol. The minimum Gasteiger partial charge on any atom is -0.142 e. The first-order valence-electron chi connectivity index (χ1n) is 3.97. The molecule has 0 aliphatic heterocycles. The van der Waals surface area contributed by atoms with E-state index >= 15 is 0 Å². The van der Waals surface area contributed by atoms with Crippen LogP contribution in [0.15, 0.2) is 28.7 Å². The van der Waals surface area contributed by atoms with Crippen molar-refractivity contribution in [2.45, 2.75) is 6.42 Å². The van der Waals surface area contributed by atoms with Gasteiger partial charge in [0.1, 0.15) is 5.01 Å². The molecule has 0 aliphatic rings. The van der Waals surface area contributed by atoms with Gasteiger partial charge in [-0.15, -0.1) is 10.2 Å². The average Bonchev–Trinajstić information content (AvgIpc) is 2.56. The van der Waals surface area contributed by atoms with Crippen molar-refractivity contribution in [3.8, 4) is 0 Å². The molecule has 0 atom stereocenters. The number of halogens is 2. The summed E-state index contributed by atoms with van der Waals surface area (Å²) in [6.07, 6.45) is 0.849. The Bertz CT molecular complexity index is 444. The SMILES string of the molecule is Brc1ccccc1Cc1nnc(I)s1. The number of hydrogen-bond acceptors (Lipinski definition) is 3. The van der Waals surface area contributed by atoms with E-state index in [1.54, 1.807) is 11.3 Å².